The van der Waals surface area contributed by atoms with E-state index in [9.17, 15) is 22.8 Å². The summed E-state index contributed by atoms with van der Waals surface area (Å²) < 4.78 is 42.6. The number of fused-ring (bicyclic) bond motifs is 1. The summed E-state index contributed by atoms with van der Waals surface area (Å²) in [5, 5.41) is 3.28. The number of nitrogens with one attached hydrogen (secondary N) is 1. The van der Waals surface area contributed by atoms with Crippen LogP contribution in [0.5, 0.6) is 0 Å². The predicted octanol–water partition coefficient (Wildman–Crippen LogP) is 5.45. The van der Waals surface area contributed by atoms with E-state index in [1.165, 1.54) is 12.1 Å². The van der Waals surface area contributed by atoms with Gasteiger partial charge in [0.15, 0.2) is 0 Å². The zero-order valence-corrected chi connectivity index (χ0v) is 19.5. The lowest BCUT2D eigenvalue weighted by atomic mass is 9.99. The van der Waals surface area contributed by atoms with Crippen molar-refractivity contribution in [1.29, 1.82) is 0 Å². The molecule has 4 aromatic rings. The van der Waals surface area contributed by atoms with Crippen molar-refractivity contribution >= 4 is 28.4 Å². The molecule has 2 heterocycles. The molecule has 184 valence electrons. The molecule has 0 radical (unpaired) electrons. The Morgan fingerprint density at radius 2 is 1.75 bits per heavy atom. The van der Waals surface area contributed by atoms with Crippen molar-refractivity contribution in [3.63, 3.8) is 0 Å². The number of halogens is 3. The Labute approximate surface area is 206 Å². The largest absolute Gasteiger partial charge is 0.345 e. The van der Waals surface area contributed by atoms with Crippen molar-refractivity contribution in [2.24, 2.45) is 0 Å². The van der Waals surface area contributed by atoms with Gasteiger partial charge in [-0.05, 0) is 47.5 Å². The average molecular weight is 492 g/mol. The smallest absolute Gasteiger partial charge is 0.321 e. The molecule has 5 nitrogen and oxygen atoms in total. The molecule has 0 unspecified atom stereocenters. The molecule has 36 heavy (non-hydrogen) atoms. The van der Waals surface area contributed by atoms with Crippen LogP contribution in [0, 0.1) is 5.82 Å². The summed E-state index contributed by atoms with van der Waals surface area (Å²) in [7, 11) is 0. The highest BCUT2D eigenvalue weighted by Crippen LogP contribution is 2.39. The number of nitrogens with zero attached hydrogens (tertiary/aromatic N) is 2. The van der Waals surface area contributed by atoms with Gasteiger partial charge in [-0.1, -0.05) is 42.5 Å². The normalized spacial score (nSPS) is 18.1. The molecule has 8 heteroatoms. The van der Waals surface area contributed by atoms with E-state index in [-0.39, 0.29) is 18.1 Å². The number of hydrogen-bond acceptors (Lipinski definition) is 2. The van der Waals surface area contributed by atoms with E-state index in [0.29, 0.717) is 19.2 Å². The maximum absolute atomic E-state index is 13.6. The lowest BCUT2D eigenvalue weighted by molar-refractivity contribution is -0.143. The first kappa shape index (κ1) is 23.7. The van der Waals surface area contributed by atoms with E-state index in [4.69, 9.17) is 0 Å². The van der Waals surface area contributed by atoms with Gasteiger partial charge in [-0.25, -0.2) is 4.39 Å². The summed E-state index contributed by atoms with van der Waals surface area (Å²) >= 11 is 0. The predicted molar refractivity (Wildman–Crippen MR) is 131 cm³/mol. The number of rotatable bonds is 6. The van der Waals surface area contributed by atoms with Crippen molar-refractivity contribution in [2.45, 2.75) is 37.9 Å². The average Bonchev–Trinajstić information content (AvgIpc) is 3.40. The Hall–Kier alpha value is -4.07. The van der Waals surface area contributed by atoms with Crippen LogP contribution in [0.4, 0.5) is 18.9 Å². The monoisotopic (exact) mass is 491 g/mol. The fourth-order valence-corrected chi connectivity index (χ4v) is 4.76. The van der Waals surface area contributed by atoms with Crippen LogP contribution in [0.3, 0.4) is 0 Å². The molecule has 0 aliphatic carbocycles. The van der Waals surface area contributed by atoms with Crippen molar-refractivity contribution in [3.05, 3.63) is 102 Å². The van der Waals surface area contributed by atoms with Gasteiger partial charge >= 0.3 is 5.92 Å². The lowest BCUT2D eigenvalue weighted by Crippen LogP contribution is -2.46. The van der Waals surface area contributed by atoms with Crippen LogP contribution in [0.1, 0.15) is 30.5 Å². The molecule has 1 fully saturated rings. The van der Waals surface area contributed by atoms with Gasteiger partial charge < -0.3 is 14.8 Å². The summed E-state index contributed by atoms with van der Waals surface area (Å²) in [6.07, 6.45) is 1.83. The van der Waals surface area contributed by atoms with Gasteiger partial charge in [0.05, 0.1) is 12.1 Å². The van der Waals surface area contributed by atoms with Crippen molar-refractivity contribution in [3.8, 4) is 0 Å². The van der Waals surface area contributed by atoms with Crippen LogP contribution in [-0.2, 0) is 16.1 Å². The van der Waals surface area contributed by atoms with Gasteiger partial charge in [0.2, 0.25) is 5.91 Å². The van der Waals surface area contributed by atoms with E-state index in [2.05, 4.69) is 5.32 Å². The molecule has 1 saturated heterocycles. The van der Waals surface area contributed by atoms with E-state index in [1.54, 1.807) is 17.0 Å². The molecule has 2 atom stereocenters. The summed E-state index contributed by atoms with van der Waals surface area (Å²) in [6, 6.07) is 21.5. The molecule has 0 saturated carbocycles. The Morgan fingerprint density at radius 3 is 2.44 bits per heavy atom. The summed E-state index contributed by atoms with van der Waals surface area (Å²) in [5.41, 5.74) is 3.23. The molecule has 1 aromatic heterocycles. The highest BCUT2D eigenvalue weighted by atomic mass is 19.3. The fourth-order valence-electron chi connectivity index (χ4n) is 4.76. The Balaban J connectivity index is 1.48. The fraction of sp³-hybridized carbons (Fsp3) is 0.214. The number of anilines is 1. The molecular weight excluding hydrogens is 467 g/mol. The molecule has 1 aliphatic rings. The third-order valence-electron chi connectivity index (χ3n) is 6.48. The molecule has 0 bridgehead atoms. The highest BCUT2D eigenvalue weighted by molar-refractivity contribution is 6.00. The Bertz CT molecular complexity index is 1410. The first-order valence-electron chi connectivity index (χ1n) is 11.6. The van der Waals surface area contributed by atoms with Gasteiger partial charge in [-0.3, -0.25) is 9.59 Å². The van der Waals surface area contributed by atoms with Crippen molar-refractivity contribution < 1.29 is 22.8 Å². The zero-order chi connectivity index (χ0) is 25.4. The van der Waals surface area contributed by atoms with E-state index < -0.39 is 23.9 Å². The van der Waals surface area contributed by atoms with Gasteiger partial charge in [0.1, 0.15) is 5.82 Å². The maximum Gasteiger partial charge on any atom is 0.321 e. The standard InChI is InChI=1S/C28H24F3N3O2/c1-28(30,31)27(36)32-23-16-25(35)34(26(23)19-5-3-2-4-6-19)22-11-12-24-20(15-22)13-14-33(24)17-18-7-9-21(29)10-8-18/h2-15,23,26H,16-17H2,1H3,(H,32,36)/t23-,26+/m1/s1. The lowest BCUT2D eigenvalue weighted by Gasteiger charge is -2.29. The van der Waals surface area contributed by atoms with Crippen LogP contribution in [0.2, 0.25) is 0 Å². The van der Waals surface area contributed by atoms with E-state index in [0.717, 1.165) is 22.0 Å². The molecule has 2 amide bonds. The minimum atomic E-state index is -3.55. The van der Waals surface area contributed by atoms with Crippen LogP contribution >= 0.6 is 0 Å². The van der Waals surface area contributed by atoms with Crippen LogP contribution in [0.15, 0.2) is 85.1 Å². The number of amides is 2. The third-order valence-corrected chi connectivity index (χ3v) is 6.48. The number of hydrogen-bond donors (Lipinski definition) is 1. The molecule has 5 rings (SSSR count). The number of benzene rings is 3. The van der Waals surface area contributed by atoms with E-state index in [1.807, 2.05) is 65.4 Å². The Kier molecular flexibility index (Phi) is 6.04. The SMILES string of the molecule is CC(F)(F)C(=O)N[C@@H]1CC(=O)N(c2ccc3c(ccn3Cc3ccc(F)cc3)c2)[C@H]1c1ccccc1. The van der Waals surface area contributed by atoms with Crippen LogP contribution in [-0.4, -0.2) is 28.3 Å². The van der Waals surface area contributed by atoms with Gasteiger partial charge in [-0.15, -0.1) is 0 Å². The first-order valence-corrected chi connectivity index (χ1v) is 11.6. The third kappa shape index (κ3) is 4.58. The number of carbonyl (C=O) groups is 2. The second kappa shape index (κ2) is 9.18. The summed E-state index contributed by atoms with van der Waals surface area (Å²) in [5.74, 6) is -5.51. The number of alkyl halides is 2. The summed E-state index contributed by atoms with van der Waals surface area (Å²) in [6.45, 7) is 1.09. The second-order valence-electron chi connectivity index (χ2n) is 9.10. The first-order chi connectivity index (χ1) is 17.2. The molecule has 1 N–H and O–H groups in total. The minimum absolute atomic E-state index is 0.0923. The van der Waals surface area contributed by atoms with Gasteiger partial charge in [0.25, 0.3) is 5.91 Å². The molecule has 3 aromatic carbocycles. The highest BCUT2D eigenvalue weighted by Gasteiger charge is 2.45. The Morgan fingerprint density at radius 1 is 1.03 bits per heavy atom. The molecule has 1 aliphatic heterocycles. The summed E-state index contributed by atoms with van der Waals surface area (Å²) in [4.78, 5) is 26.8. The van der Waals surface area contributed by atoms with Gasteiger partial charge in [-0.2, -0.15) is 8.78 Å². The maximum atomic E-state index is 13.6. The van der Waals surface area contributed by atoms with Crippen molar-refractivity contribution in [2.75, 3.05) is 4.90 Å². The van der Waals surface area contributed by atoms with Crippen LogP contribution < -0.4 is 10.2 Å². The topological polar surface area (TPSA) is 54.3 Å². The zero-order valence-electron chi connectivity index (χ0n) is 19.5. The number of carbonyl (C=O) groups excluding carboxylic acids is 2. The van der Waals surface area contributed by atoms with E-state index >= 15 is 0 Å². The van der Waals surface area contributed by atoms with Crippen molar-refractivity contribution in [1.82, 2.24) is 9.88 Å². The second-order valence-corrected chi connectivity index (χ2v) is 9.10. The molecule has 0 spiro atoms. The van der Waals surface area contributed by atoms with Crippen LogP contribution in [0.25, 0.3) is 10.9 Å². The minimum Gasteiger partial charge on any atom is -0.345 e. The number of aromatic nitrogens is 1. The quantitative estimate of drug-likeness (QED) is 0.390. The molecular formula is C28H24F3N3O2. The van der Waals surface area contributed by atoms with Gasteiger partial charge in [0, 0.05) is 42.7 Å².